The van der Waals surface area contributed by atoms with Gasteiger partial charge in [0.05, 0.1) is 6.61 Å². The van der Waals surface area contributed by atoms with Gasteiger partial charge in [-0.3, -0.25) is 4.90 Å². The van der Waals surface area contributed by atoms with Crippen molar-refractivity contribution in [2.75, 3.05) is 13.2 Å². The van der Waals surface area contributed by atoms with Gasteiger partial charge in [0.2, 0.25) is 0 Å². The molecule has 1 aliphatic rings. The summed E-state index contributed by atoms with van der Waals surface area (Å²) in [6.45, 7) is 7.89. The van der Waals surface area contributed by atoms with Gasteiger partial charge in [0.25, 0.3) is 0 Å². The lowest BCUT2D eigenvalue weighted by Crippen LogP contribution is -2.56. The SMILES string of the molecule is CCC(N)C(CO)N1CC(C)CCC1C. The predicted molar refractivity (Wildman–Crippen MR) is 63.7 cm³/mol. The van der Waals surface area contributed by atoms with Crippen molar-refractivity contribution in [3.8, 4) is 0 Å². The first kappa shape index (κ1) is 12.9. The Hall–Kier alpha value is -0.120. The average Bonchev–Trinajstić information content (AvgIpc) is 2.23. The van der Waals surface area contributed by atoms with Gasteiger partial charge in [-0.25, -0.2) is 0 Å². The zero-order valence-electron chi connectivity index (χ0n) is 10.3. The summed E-state index contributed by atoms with van der Waals surface area (Å²) < 4.78 is 0. The van der Waals surface area contributed by atoms with Crippen LogP contribution >= 0.6 is 0 Å². The summed E-state index contributed by atoms with van der Waals surface area (Å²) in [5, 5.41) is 9.46. The lowest BCUT2D eigenvalue weighted by molar-refractivity contribution is 0.0317. The van der Waals surface area contributed by atoms with E-state index in [9.17, 15) is 5.11 Å². The monoisotopic (exact) mass is 214 g/mol. The number of aliphatic hydroxyl groups excluding tert-OH is 1. The summed E-state index contributed by atoms with van der Waals surface area (Å²) in [6.07, 6.45) is 3.47. The number of rotatable bonds is 4. The minimum Gasteiger partial charge on any atom is -0.395 e. The van der Waals surface area contributed by atoms with Crippen LogP contribution in [0, 0.1) is 5.92 Å². The molecule has 0 amide bonds. The van der Waals surface area contributed by atoms with Crippen LogP contribution in [0.4, 0.5) is 0 Å². The molecule has 3 heteroatoms. The molecule has 1 fully saturated rings. The summed E-state index contributed by atoms with van der Waals surface area (Å²) >= 11 is 0. The van der Waals surface area contributed by atoms with Crippen molar-refractivity contribution in [2.45, 2.75) is 58.2 Å². The van der Waals surface area contributed by atoms with E-state index in [1.165, 1.54) is 12.8 Å². The molecular formula is C12H26N2O. The van der Waals surface area contributed by atoms with E-state index in [0.717, 1.165) is 18.9 Å². The number of piperidine rings is 1. The molecule has 3 N–H and O–H groups in total. The Balaban J connectivity index is 2.64. The van der Waals surface area contributed by atoms with Crippen molar-refractivity contribution in [3.63, 3.8) is 0 Å². The summed E-state index contributed by atoms with van der Waals surface area (Å²) in [6, 6.07) is 0.812. The molecule has 0 radical (unpaired) electrons. The second-order valence-electron chi connectivity index (χ2n) is 5.05. The van der Waals surface area contributed by atoms with Crippen LogP contribution in [-0.2, 0) is 0 Å². The highest BCUT2D eigenvalue weighted by atomic mass is 16.3. The highest BCUT2D eigenvalue weighted by Gasteiger charge is 2.31. The Morgan fingerprint density at radius 3 is 2.60 bits per heavy atom. The molecule has 15 heavy (non-hydrogen) atoms. The van der Waals surface area contributed by atoms with Gasteiger partial charge in [0, 0.05) is 24.7 Å². The second kappa shape index (κ2) is 5.83. The fourth-order valence-corrected chi connectivity index (χ4v) is 2.54. The normalized spacial score (nSPS) is 32.6. The minimum absolute atomic E-state index is 0.0998. The van der Waals surface area contributed by atoms with Crippen molar-refractivity contribution >= 4 is 0 Å². The molecule has 0 saturated carbocycles. The van der Waals surface area contributed by atoms with E-state index in [4.69, 9.17) is 5.73 Å². The molecule has 1 rings (SSSR count). The standard InChI is InChI=1S/C12H26N2O/c1-4-11(13)12(8-15)14-7-9(2)5-6-10(14)3/h9-12,15H,4-8,13H2,1-3H3. The maximum absolute atomic E-state index is 9.46. The highest BCUT2D eigenvalue weighted by Crippen LogP contribution is 2.24. The van der Waals surface area contributed by atoms with Crippen LogP contribution in [0.5, 0.6) is 0 Å². The first-order chi connectivity index (χ1) is 7.10. The summed E-state index contributed by atoms with van der Waals surface area (Å²) in [7, 11) is 0. The van der Waals surface area contributed by atoms with E-state index in [2.05, 4.69) is 25.7 Å². The summed E-state index contributed by atoms with van der Waals surface area (Å²) in [5.74, 6) is 0.735. The average molecular weight is 214 g/mol. The quantitative estimate of drug-likeness (QED) is 0.739. The molecule has 3 nitrogen and oxygen atoms in total. The van der Waals surface area contributed by atoms with Crippen molar-refractivity contribution in [3.05, 3.63) is 0 Å². The number of nitrogens with zero attached hydrogens (tertiary/aromatic N) is 1. The first-order valence-corrected chi connectivity index (χ1v) is 6.22. The third kappa shape index (κ3) is 3.16. The van der Waals surface area contributed by atoms with E-state index < -0.39 is 0 Å². The summed E-state index contributed by atoms with van der Waals surface area (Å²) in [4.78, 5) is 2.41. The molecule has 1 aliphatic heterocycles. The smallest absolute Gasteiger partial charge is 0.0602 e. The van der Waals surface area contributed by atoms with Gasteiger partial charge in [-0.15, -0.1) is 0 Å². The van der Waals surface area contributed by atoms with Crippen molar-refractivity contribution in [1.82, 2.24) is 4.90 Å². The van der Waals surface area contributed by atoms with Crippen LogP contribution in [0.1, 0.15) is 40.0 Å². The number of nitrogens with two attached hydrogens (primary N) is 1. The van der Waals surface area contributed by atoms with Gasteiger partial charge in [-0.05, 0) is 32.1 Å². The van der Waals surface area contributed by atoms with Crippen molar-refractivity contribution < 1.29 is 5.11 Å². The van der Waals surface area contributed by atoms with Gasteiger partial charge in [-0.1, -0.05) is 13.8 Å². The Morgan fingerprint density at radius 2 is 2.07 bits per heavy atom. The van der Waals surface area contributed by atoms with E-state index in [0.29, 0.717) is 6.04 Å². The predicted octanol–water partition coefficient (Wildman–Crippen LogP) is 1.20. The van der Waals surface area contributed by atoms with Crippen LogP contribution in [0.2, 0.25) is 0 Å². The fraction of sp³-hybridized carbons (Fsp3) is 1.00. The van der Waals surface area contributed by atoms with Gasteiger partial charge in [0.1, 0.15) is 0 Å². The summed E-state index contributed by atoms with van der Waals surface area (Å²) in [5.41, 5.74) is 6.06. The van der Waals surface area contributed by atoms with E-state index >= 15 is 0 Å². The third-order valence-corrected chi connectivity index (χ3v) is 3.74. The van der Waals surface area contributed by atoms with Crippen LogP contribution in [0.25, 0.3) is 0 Å². The highest BCUT2D eigenvalue weighted by molar-refractivity contribution is 4.87. The molecule has 0 aromatic heterocycles. The van der Waals surface area contributed by atoms with E-state index in [1.54, 1.807) is 0 Å². The van der Waals surface area contributed by atoms with E-state index in [1.807, 2.05) is 0 Å². The molecule has 1 heterocycles. The Kier molecular flexibility index (Phi) is 5.03. The van der Waals surface area contributed by atoms with Crippen LogP contribution in [0.15, 0.2) is 0 Å². The molecule has 0 spiro atoms. The Labute approximate surface area is 93.6 Å². The molecule has 0 aliphatic carbocycles. The zero-order valence-corrected chi connectivity index (χ0v) is 10.3. The molecular weight excluding hydrogens is 188 g/mol. The topological polar surface area (TPSA) is 49.5 Å². The maximum Gasteiger partial charge on any atom is 0.0602 e. The number of likely N-dealkylation sites (tertiary alicyclic amines) is 1. The number of hydrogen-bond donors (Lipinski definition) is 2. The number of aliphatic hydroxyl groups is 1. The third-order valence-electron chi connectivity index (χ3n) is 3.74. The molecule has 4 atom stereocenters. The zero-order chi connectivity index (χ0) is 11.4. The van der Waals surface area contributed by atoms with Crippen LogP contribution < -0.4 is 5.73 Å². The minimum atomic E-state index is 0.0998. The molecule has 4 unspecified atom stereocenters. The van der Waals surface area contributed by atoms with Crippen LogP contribution in [-0.4, -0.2) is 41.3 Å². The molecule has 90 valence electrons. The Bertz CT molecular complexity index is 186. The van der Waals surface area contributed by atoms with Gasteiger partial charge < -0.3 is 10.8 Å². The van der Waals surface area contributed by atoms with Crippen molar-refractivity contribution in [2.24, 2.45) is 11.7 Å². The van der Waals surface area contributed by atoms with Crippen molar-refractivity contribution in [1.29, 1.82) is 0 Å². The molecule has 0 aromatic rings. The number of hydrogen-bond acceptors (Lipinski definition) is 3. The van der Waals surface area contributed by atoms with E-state index in [-0.39, 0.29) is 18.7 Å². The van der Waals surface area contributed by atoms with Gasteiger partial charge in [-0.2, -0.15) is 0 Å². The maximum atomic E-state index is 9.46. The second-order valence-corrected chi connectivity index (χ2v) is 5.05. The largest absolute Gasteiger partial charge is 0.395 e. The van der Waals surface area contributed by atoms with Crippen LogP contribution in [0.3, 0.4) is 0 Å². The van der Waals surface area contributed by atoms with Gasteiger partial charge >= 0.3 is 0 Å². The fourth-order valence-electron chi connectivity index (χ4n) is 2.54. The molecule has 0 aromatic carbocycles. The first-order valence-electron chi connectivity index (χ1n) is 6.22. The molecule has 0 bridgehead atoms. The molecule has 1 saturated heterocycles. The Morgan fingerprint density at radius 1 is 1.40 bits per heavy atom. The lowest BCUT2D eigenvalue weighted by Gasteiger charge is -2.43. The lowest BCUT2D eigenvalue weighted by atomic mass is 9.91. The van der Waals surface area contributed by atoms with Gasteiger partial charge in [0.15, 0.2) is 0 Å².